The van der Waals surface area contributed by atoms with Gasteiger partial charge in [0, 0.05) is 6.08 Å². The second-order valence-corrected chi connectivity index (χ2v) is 5.10. The van der Waals surface area contributed by atoms with E-state index in [1.54, 1.807) is 24.3 Å². The number of benzene rings is 2. The maximum atomic E-state index is 13.5. The van der Waals surface area contributed by atoms with Gasteiger partial charge in [-0.25, -0.2) is 4.39 Å². The van der Waals surface area contributed by atoms with Gasteiger partial charge in [-0.1, -0.05) is 18.2 Å². The van der Waals surface area contributed by atoms with E-state index in [9.17, 15) is 14.0 Å². The van der Waals surface area contributed by atoms with Crippen molar-refractivity contribution in [2.24, 2.45) is 0 Å². The number of hydrogen-bond donors (Lipinski definition) is 2. The minimum absolute atomic E-state index is 0.159. The first-order chi connectivity index (χ1) is 12.5. The monoisotopic (exact) mass is 358 g/mol. The van der Waals surface area contributed by atoms with Crippen LogP contribution in [0.4, 0.5) is 4.39 Å². The molecule has 0 unspecified atom stereocenters. The van der Waals surface area contributed by atoms with Crippen LogP contribution < -0.4 is 20.3 Å². The van der Waals surface area contributed by atoms with Gasteiger partial charge in [0.05, 0.1) is 19.3 Å². The number of amides is 2. The van der Waals surface area contributed by atoms with E-state index in [4.69, 9.17) is 9.47 Å². The van der Waals surface area contributed by atoms with E-state index in [0.29, 0.717) is 23.7 Å². The van der Waals surface area contributed by atoms with Crippen LogP contribution in [-0.4, -0.2) is 25.5 Å². The van der Waals surface area contributed by atoms with Gasteiger partial charge < -0.3 is 9.47 Å². The van der Waals surface area contributed by atoms with Gasteiger partial charge in [0.1, 0.15) is 5.82 Å². The van der Waals surface area contributed by atoms with E-state index < -0.39 is 17.6 Å². The molecule has 2 aromatic rings. The molecule has 136 valence electrons. The van der Waals surface area contributed by atoms with Crippen LogP contribution in [0.5, 0.6) is 11.5 Å². The number of carbonyl (C=O) groups excluding carboxylic acids is 2. The highest BCUT2D eigenvalue weighted by molar-refractivity contribution is 5.98. The zero-order valence-electron chi connectivity index (χ0n) is 14.4. The SMILES string of the molecule is CCOc1ccc(/C=C/C(=O)NNC(=O)c2ccccc2F)cc1OC. The summed E-state index contributed by atoms with van der Waals surface area (Å²) < 4.78 is 24.1. The van der Waals surface area contributed by atoms with E-state index in [1.165, 1.54) is 31.4 Å². The molecule has 0 aliphatic carbocycles. The second kappa shape index (κ2) is 9.22. The summed E-state index contributed by atoms with van der Waals surface area (Å²) >= 11 is 0. The fourth-order valence-electron chi connectivity index (χ4n) is 2.11. The Morgan fingerprint density at radius 2 is 1.88 bits per heavy atom. The summed E-state index contributed by atoms with van der Waals surface area (Å²) in [6, 6.07) is 10.7. The zero-order valence-corrected chi connectivity index (χ0v) is 14.4. The number of methoxy groups -OCH3 is 1. The maximum Gasteiger partial charge on any atom is 0.272 e. The third kappa shape index (κ3) is 5.07. The molecule has 0 bridgehead atoms. The molecule has 0 radical (unpaired) electrons. The van der Waals surface area contributed by atoms with Crippen LogP contribution in [0.3, 0.4) is 0 Å². The zero-order chi connectivity index (χ0) is 18.9. The number of rotatable bonds is 6. The molecule has 0 saturated heterocycles. The first-order valence-electron chi connectivity index (χ1n) is 7.89. The molecule has 0 aromatic heterocycles. The molecule has 2 rings (SSSR count). The summed E-state index contributed by atoms with van der Waals surface area (Å²) in [5, 5.41) is 0. The smallest absolute Gasteiger partial charge is 0.272 e. The van der Waals surface area contributed by atoms with Crippen molar-refractivity contribution in [1.29, 1.82) is 0 Å². The number of carbonyl (C=O) groups is 2. The lowest BCUT2D eigenvalue weighted by Crippen LogP contribution is -2.41. The molecule has 0 spiro atoms. The molecule has 0 atom stereocenters. The Balaban J connectivity index is 1.95. The molecule has 0 heterocycles. The van der Waals surface area contributed by atoms with Crippen LogP contribution in [0, 0.1) is 5.82 Å². The van der Waals surface area contributed by atoms with Crippen molar-refractivity contribution in [3.05, 3.63) is 65.5 Å². The first kappa shape index (κ1) is 19.0. The Bertz CT molecular complexity index is 821. The topological polar surface area (TPSA) is 76.7 Å². The van der Waals surface area contributed by atoms with Crippen molar-refractivity contribution in [3.63, 3.8) is 0 Å². The van der Waals surface area contributed by atoms with Gasteiger partial charge in [-0.05, 0) is 42.8 Å². The molecule has 0 saturated carbocycles. The molecule has 0 aliphatic rings. The lowest BCUT2D eigenvalue weighted by atomic mass is 10.2. The van der Waals surface area contributed by atoms with Crippen molar-refractivity contribution in [1.82, 2.24) is 10.9 Å². The molecular formula is C19H19FN2O4. The fourth-order valence-corrected chi connectivity index (χ4v) is 2.11. The minimum Gasteiger partial charge on any atom is -0.493 e. The van der Waals surface area contributed by atoms with Crippen LogP contribution >= 0.6 is 0 Å². The standard InChI is InChI=1S/C19H19FN2O4/c1-3-26-16-10-8-13(12-17(16)25-2)9-11-18(23)21-22-19(24)14-6-4-5-7-15(14)20/h4-12H,3H2,1-2H3,(H,21,23)(H,22,24)/b11-9+. The van der Waals surface area contributed by atoms with Crippen molar-refractivity contribution < 1.29 is 23.5 Å². The van der Waals surface area contributed by atoms with E-state index >= 15 is 0 Å². The van der Waals surface area contributed by atoms with Crippen LogP contribution in [0.2, 0.25) is 0 Å². The Labute approximate surface area is 150 Å². The minimum atomic E-state index is -0.743. The predicted molar refractivity (Wildman–Crippen MR) is 95.2 cm³/mol. The van der Waals surface area contributed by atoms with Crippen LogP contribution in [-0.2, 0) is 4.79 Å². The largest absolute Gasteiger partial charge is 0.493 e. The van der Waals surface area contributed by atoms with Gasteiger partial charge in [-0.3, -0.25) is 20.4 Å². The summed E-state index contributed by atoms with van der Waals surface area (Å²) in [6.45, 7) is 2.38. The predicted octanol–water partition coefficient (Wildman–Crippen LogP) is 2.71. The molecule has 7 heteroatoms. The van der Waals surface area contributed by atoms with E-state index in [-0.39, 0.29) is 5.56 Å². The second-order valence-electron chi connectivity index (χ2n) is 5.10. The summed E-state index contributed by atoms with van der Waals surface area (Å²) in [5.41, 5.74) is 4.89. The van der Waals surface area contributed by atoms with E-state index in [1.807, 2.05) is 6.92 Å². The van der Waals surface area contributed by atoms with Crippen LogP contribution in [0.1, 0.15) is 22.8 Å². The van der Waals surface area contributed by atoms with E-state index in [2.05, 4.69) is 10.9 Å². The third-order valence-electron chi connectivity index (χ3n) is 3.33. The highest BCUT2D eigenvalue weighted by Crippen LogP contribution is 2.28. The quantitative estimate of drug-likeness (QED) is 0.615. The molecule has 0 fully saturated rings. The van der Waals surface area contributed by atoms with Gasteiger partial charge in [-0.2, -0.15) is 0 Å². The van der Waals surface area contributed by atoms with Crippen molar-refractivity contribution in [2.45, 2.75) is 6.92 Å². The van der Waals surface area contributed by atoms with Gasteiger partial charge >= 0.3 is 0 Å². The molecule has 2 N–H and O–H groups in total. The van der Waals surface area contributed by atoms with Gasteiger partial charge in [-0.15, -0.1) is 0 Å². The molecule has 26 heavy (non-hydrogen) atoms. The Morgan fingerprint density at radius 1 is 1.12 bits per heavy atom. The Kier molecular flexibility index (Phi) is 6.73. The Hall–Kier alpha value is -3.35. The van der Waals surface area contributed by atoms with Crippen molar-refractivity contribution >= 4 is 17.9 Å². The summed E-state index contributed by atoms with van der Waals surface area (Å²) in [5.74, 6) is -0.831. The maximum absolute atomic E-state index is 13.5. The number of hydrazine groups is 1. The average Bonchev–Trinajstić information content (AvgIpc) is 2.65. The van der Waals surface area contributed by atoms with Crippen LogP contribution in [0.15, 0.2) is 48.5 Å². The summed E-state index contributed by atoms with van der Waals surface area (Å²) in [4.78, 5) is 23.6. The van der Waals surface area contributed by atoms with Gasteiger partial charge in [0.2, 0.25) is 0 Å². The molecule has 6 nitrogen and oxygen atoms in total. The van der Waals surface area contributed by atoms with Gasteiger partial charge in [0.15, 0.2) is 11.5 Å². The first-order valence-corrected chi connectivity index (χ1v) is 7.89. The lowest BCUT2D eigenvalue weighted by Gasteiger charge is -2.09. The van der Waals surface area contributed by atoms with E-state index in [0.717, 1.165) is 6.07 Å². The highest BCUT2D eigenvalue weighted by Gasteiger charge is 2.10. The number of halogens is 1. The molecular weight excluding hydrogens is 339 g/mol. The fraction of sp³-hybridized carbons (Fsp3) is 0.158. The third-order valence-corrected chi connectivity index (χ3v) is 3.33. The normalized spacial score (nSPS) is 10.4. The van der Waals surface area contributed by atoms with Crippen LogP contribution in [0.25, 0.3) is 6.08 Å². The molecule has 2 amide bonds. The summed E-state index contributed by atoms with van der Waals surface area (Å²) in [6.07, 6.45) is 2.78. The number of nitrogens with one attached hydrogen (secondary N) is 2. The molecule has 0 aliphatic heterocycles. The summed E-state index contributed by atoms with van der Waals surface area (Å²) in [7, 11) is 1.52. The Morgan fingerprint density at radius 3 is 2.58 bits per heavy atom. The van der Waals surface area contributed by atoms with Gasteiger partial charge in [0.25, 0.3) is 11.8 Å². The highest BCUT2D eigenvalue weighted by atomic mass is 19.1. The number of hydrogen-bond acceptors (Lipinski definition) is 4. The van der Waals surface area contributed by atoms with Crippen molar-refractivity contribution in [3.8, 4) is 11.5 Å². The number of ether oxygens (including phenoxy) is 2. The molecule has 2 aromatic carbocycles. The van der Waals surface area contributed by atoms with Crippen molar-refractivity contribution in [2.75, 3.05) is 13.7 Å². The lowest BCUT2D eigenvalue weighted by molar-refractivity contribution is -0.117. The average molecular weight is 358 g/mol.